The van der Waals surface area contributed by atoms with E-state index in [2.05, 4.69) is 20.9 Å². The molecule has 3 nitrogen and oxygen atoms in total. The Morgan fingerprint density at radius 2 is 1.88 bits per heavy atom. The van der Waals surface area contributed by atoms with Crippen molar-refractivity contribution >= 4 is 56.7 Å². The highest BCUT2D eigenvalue weighted by Crippen LogP contribution is 2.25. The van der Waals surface area contributed by atoms with Crippen LogP contribution in [-0.4, -0.2) is 15.3 Å². The van der Waals surface area contributed by atoms with E-state index in [0.29, 0.717) is 21.3 Å². The van der Waals surface area contributed by atoms with Crippen molar-refractivity contribution in [3.63, 3.8) is 0 Å². The van der Waals surface area contributed by atoms with Gasteiger partial charge in [-0.2, -0.15) is 0 Å². The maximum absolute atomic E-state index is 13.0. The zero-order valence-electron chi connectivity index (χ0n) is 13.4. The minimum atomic E-state index is -0.217. The molecule has 0 saturated heterocycles. The predicted octanol–water partition coefficient (Wildman–Crippen LogP) is 6.39. The molecule has 0 unspecified atom stereocenters. The minimum Gasteiger partial charge on any atom is -0.303 e. The van der Waals surface area contributed by atoms with Crippen LogP contribution < -0.4 is 0 Å². The van der Waals surface area contributed by atoms with Crippen LogP contribution in [0.4, 0.5) is 0 Å². The summed E-state index contributed by atoms with van der Waals surface area (Å²) in [6.45, 7) is 0. The zero-order chi connectivity index (χ0) is 18.5. The van der Waals surface area contributed by atoms with Gasteiger partial charge in [-0.1, -0.05) is 63.4 Å². The summed E-state index contributed by atoms with van der Waals surface area (Å²) in [6.07, 6.45) is 10.4. The van der Waals surface area contributed by atoms with Gasteiger partial charge < -0.3 is 4.57 Å². The molecule has 130 valence electrons. The van der Waals surface area contributed by atoms with Gasteiger partial charge in [0.1, 0.15) is 0 Å². The molecule has 3 rings (SSSR count). The second-order valence-corrected chi connectivity index (χ2v) is 7.15. The van der Waals surface area contributed by atoms with Gasteiger partial charge in [0.05, 0.1) is 17.0 Å². The summed E-state index contributed by atoms with van der Waals surface area (Å²) in [6, 6.07) is 12.7. The first kappa shape index (κ1) is 18.6. The number of rotatable bonds is 5. The molecule has 6 heteroatoms. The molecule has 0 amide bonds. The summed E-state index contributed by atoms with van der Waals surface area (Å²) in [5.41, 5.74) is 1.83. The molecule has 3 aromatic rings. The lowest BCUT2D eigenvalue weighted by molar-refractivity contribution is 0.105. The Bertz CT molecular complexity index is 978. The molecule has 0 N–H and O–H groups in total. The molecule has 1 aromatic heterocycles. The number of allylic oxidation sites excluding steroid dienone is 3. The Morgan fingerprint density at radius 1 is 1.12 bits per heavy atom. The number of hydrogen-bond acceptors (Lipinski definition) is 2. The Morgan fingerprint density at radius 3 is 2.54 bits per heavy atom. The van der Waals surface area contributed by atoms with Gasteiger partial charge in [0, 0.05) is 27.5 Å². The first-order valence-corrected chi connectivity index (χ1v) is 9.21. The van der Waals surface area contributed by atoms with E-state index >= 15 is 0 Å². The van der Waals surface area contributed by atoms with Gasteiger partial charge in [-0.15, -0.1) is 0 Å². The van der Waals surface area contributed by atoms with Crippen molar-refractivity contribution in [3.8, 4) is 0 Å². The van der Waals surface area contributed by atoms with Crippen molar-refractivity contribution in [1.82, 2.24) is 9.55 Å². The number of aromatic nitrogens is 2. The van der Waals surface area contributed by atoms with Crippen LogP contribution >= 0.6 is 39.1 Å². The zero-order valence-corrected chi connectivity index (χ0v) is 16.5. The predicted molar refractivity (Wildman–Crippen MR) is 110 cm³/mol. The fraction of sp³-hybridized carbons (Fsp3) is 0. The van der Waals surface area contributed by atoms with Gasteiger partial charge in [-0.05, 0) is 42.0 Å². The third kappa shape index (κ3) is 4.52. The molecular weight excluding hydrogens is 435 g/mol. The molecule has 0 aliphatic rings. The number of benzene rings is 2. The number of carbonyl (C=O) groups excluding carboxylic acids is 1. The first-order valence-electron chi connectivity index (χ1n) is 7.66. The second kappa shape index (κ2) is 8.49. The summed E-state index contributed by atoms with van der Waals surface area (Å²) in [7, 11) is 0. The highest BCUT2D eigenvalue weighted by Gasteiger charge is 2.16. The molecular formula is C20H13BrCl2N2O. The quantitative estimate of drug-likeness (QED) is 0.258. The van der Waals surface area contributed by atoms with Crippen molar-refractivity contribution in [1.29, 1.82) is 0 Å². The topological polar surface area (TPSA) is 34.9 Å². The van der Waals surface area contributed by atoms with Crippen LogP contribution in [0, 0.1) is 0 Å². The van der Waals surface area contributed by atoms with Crippen LogP contribution in [0.5, 0.6) is 0 Å². The standard InChI is InChI=1S/C20H13BrCl2N2O/c21-15-6-4-14(5-7-15)2-1-3-19(25-11-10-24-13-25)20(26)17-9-8-16(22)12-18(17)23/h1-13H/b2-1+,19-3-. The molecule has 0 saturated carbocycles. The number of imidazole rings is 1. The monoisotopic (exact) mass is 446 g/mol. The summed E-state index contributed by atoms with van der Waals surface area (Å²) in [5, 5.41) is 0.792. The molecule has 0 atom stereocenters. The Kier molecular flexibility index (Phi) is 6.09. The van der Waals surface area contributed by atoms with Gasteiger partial charge in [0.2, 0.25) is 5.78 Å². The van der Waals surface area contributed by atoms with Crippen molar-refractivity contribution in [2.24, 2.45) is 0 Å². The minimum absolute atomic E-state index is 0.217. The van der Waals surface area contributed by atoms with Crippen LogP contribution in [0.2, 0.25) is 10.0 Å². The third-order valence-corrected chi connectivity index (χ3v) is 4.68. The van der Waals surface area contributed by atoms with Gasteiger partial charge in [-0.3, -0.25) is 4.79 Å². The molecule has 0 spiro atoms. The number of carbonyl (C=O) groups is 1. The van der Waals surface area contributed by atoms with Crippen LogP contribution in [0.25, 0.3) is 11.8 Å². The number of halogens is 3. The first-order chi connectivity index (χ1) is 12.5. The Hall–Kier alpha value is -2.14. The Labute approximate surface area is 169 Å². The van der Waals surface area contributed by atoms with E-state index in [1.54, 1.807) is 47.6 Å². The fourth-order valence-electron chi connectivity index (χ4n) is 2.32. The largest absolute Gasteiger partial charge is 0.303 e. The molecule has 0 fully saturated rings. The molecule has 0 aliphatic heterocycles. The molecule has 1 heterocycles. The van der Waals surface area contributed by atoms with Crippen molar-refractivity contribution in [3.05, 3.63) is 99.0 Å². The van der Waals surface area contributed by atoms with E-state index in [9.17, 15) is 4.79 Å². The number of Topliss-reactive ketones (excluding diaryl/α,β-unsaturated/α-hetero) is 1. The lowest BCUT2D eigenvalue weighted by atomic mass is 10.1. The van der Waals surface area contributed by atoms with Gasteiger partial charge in [-0.25, -0.2) is 4.98 Å². The lowest BCUT2D eigenvalue weighted by Gasteiger charge is -2.09. The highest BCUT2D eigenvalue weighted by molar-refractivity contribution is 9.10. The number of hydrogen-bond donors (Lipinski definition) is 0. The van der Waals surface area contributed by atoms with E-state index in [0.717, 1.165) is 10.0 Å². The van der Waals surface area contributed by atoms with E-state index in [4.69, 9.17) is 23.2 Å². The highest BCUT2D eigenvalue weighted by atomic mass is 79.9. The third-order valence-electron chi connectivity index (χ3n) is 3.60. The average molecular weight is 448 g/mol. The van der Waals surface area contributed by atoms with E-state index in [-0.39, 0.29) is 5.78 Å². The SMILES string of the molecule is O=C(/C(=C/C=C/c1ccc(Br)cc1)n1ccnc1)c1ccc(Cl)cc1Cl. The normalized spacial score (nSPS) is 11.9. The van der Waals surface area contributed by atoms with Crippen LogP contribution in [0.3, 0.4) is 0 Å². The summed E-state index contributed by atoms with van der Waals surface area (Å²) in [5.74, 6) is -0.217. The van der Waals surface area contributed by atoms with E-state index < -0.39 is 0 Å². The van der Waals surface area contributed by atoms with Crippen LogP contribution in [0.1, 0.15) is 15.9 Å². The summed E-state index contributed by atoms with van der Waals surface area (Å²) < 4.78 is 2.66. The van der Waals surface area contributed by atoms with Crippen LogP contribution in [0.15, 0.2) is 77.8 Å². The number of ketones is 1. The lowest BCUT2D eigenvalue weighted by Crippen LogP contribution is -2.08. The van der Waals surface area contributed by atoms with Crippen molar-refractivity contribution in [2.45, 2.75) is 0 Å². The maximum Gasteiger partial charge on any atom is 0.211 e. The van der Waals surface area contributed by atoms with Crippen molar-refractivity contribution in [2.75, 3.05) is 0 Å². The Balaban J connectivity index is 1.95. The fourth-order valence-corrected chi connectivity index (χ4v) is 3.08. The van der Waals surface area contributed by atoms with E-state index in [1.807, 2.05) is 36.4 Å². The van der Waals surface area contributed by atoms with Gasteiger partial charge in [0.25, 0.3) is 0 Å². The summed E-state index contributed by atoms with van der Waals surface area (Å²) >= 11 is 15.5. The van der Waals surface area contributed by atoms with Gasteiger partial charge >= 0.3 is 0 Å². The molecule has 26 heavy (non-hydrogen) atoms. The number of nitrogens with zero attached hydrogens (tertiary/aromatic N) is 2. The molecule has 0 bridgehead atoms. The summed E-state index contributed by atoms with van der Waals surface area (Å²) in [4.78, 5) is 17.0. The average Bonchev–Trinajstić information content (AvgIpc) is 3.14. The second-order valence-electron chi connectivity index (χ2n) is 5.39. The maximum atomic E-state index is 13.0. The van der Waals surface area contributed by atoms with Crippen LogP contribution in [-0.2, 0) is 0 Å². The van der Waals surface area contributed by atoms with Crippen molar-refractivity contribution < 1.29 is 4.79 Å². The smallest absolute Gasteiger partial charge is 0.211 e. The van der Waals surface area contributed by atoms with Gasteiger partial charge in [0.15, 0.2) is 0 Å². The molecule has 0 radical (unpaired) electrons. The van der Waals surface area contributed by atoms with E-state index in [1.165, 1.54) is 0 Å². The molecule has 0 aliphatic carbocycles. The molecule has 2 aromatic carbocycles.